The summed E-state index contributed by atoms with van der Waals surface area (Å²) >= 11 is 0. The molecule has 3 heteroatoms. The molecule has 2 rings (SSSR count). The van der Waals surface area contributed by atoms with Crippen LogP contribution in [0.5, 0.6) is 0 Å². The minimum absolute atomic E-state index is 0.0330. The number of likely N-dealkylation sites (tertiary alicyclic amines) is 1. The topological polar surface area (TPSA) is 32.3 Å². The Bertz CT molecular complexity index is 195. The van der Waals surface area contributed by atoms with Crippen LogP contribution in [0.3, 0.4) is 0 Å². The second kappa shape index (κ2) is 3.66. The minimum atomic E-state index is 0.0330. The van der Waals surface area contributed by atoms with Crippen molar-refractivity contribution < 1.29 is 4.79 Å². The van der Waals surface area contributed by atoms with Crippen LogP contribution < -0.4 is 5.32 Å². The third-order valence-corrected chi connectivity index (χ3v) is 2.85. The van der Waals surface area contributed by atoms with Crippen LogP contribution in [0.15, 0.2) is 0 Å². The highest BCUT2D eigenvalue weighted by Gasteiger charge is 2.28. The van der Waals surface area contributed by atoms with Gasteiger partial charge in [-0.25, -0.2) is 0 Å². The SMILES string of the molecule is C[C@H](NC1CC1)C(=O)N1CCCC1. The van der Waals surface area contributed by atoms with E-state index in [4.69, 9.17) is 0 Å². The van der Waals surface area contributed by atoms with E-state index in [0.717, 1.165) is 13.1 Å². The predicted octanol–water partition coefficient (Wildman–Crippen LogP) is 0.749. The van der Waals surface area contributed by atoms with E-state index >= 15 is 0 Å². The minimum Gasteiger partial charge on any atom is -0.341 e. The maximum absolute atomic E-state index is 11.8. The number of amides is 1. The van der Waals surface area contributed by atoms with Gasteiger partial charge in [0.05, 0.1) is 6.04 Å². The lowest BCUT2D eigenvalue weighted by molar-refractivity contribution is -0.132. The molecule has 3 nitrogen and oxygen atoms in total. The molecule has 0 radical (unpaired) electrons. The summed E-state index contributed by atoms with van der Waals surface area (Å²) in [4.78, 5) is 13.8. The zero-order chi connectivity index (χ0) is 9.26. The summed E-state index contributed by atoms with van der Waals surface area (Å²) in [7, 11) is 0. The maximum Gasteiger partial charge on any atom is 0.239 e. The molecule has 1 saturated carbocycles. The van der Waals surface area contributed by atoms with Crippen LogP contribution in [0.1, 0.15) is 32.6 Å². The van der Waals surface area contributed by atoms with Gasteiger partial charge in [-0.05, 0) is 32.6 Å². The van der Waals surface area contributed by atoms with Crippen molar-refractivity contribution in [2.45, 2.75) is 44.7 Å². The molecule has 1 atom stereocenters. The van der Waals surface area contributed by atoms with Gasteiger partial charge in [0, 0.05) is 19.1 Å². The van der Waals surface area contributed by atoms with E-state index in [2.05, 4.69) is 5.32 Å². The van der Waals surface area contributed by atoms with Gasteiger partial charge in [0.1, 0.15) is 0 Å². The fourth-order valence-electron chi connectivity index (χ4n) is 1.89. The molecule has 74 valence electrons. The summed E-state index contributed by atoms with van der Waals surface area (Å²) in [5, 5.41) is 3.34. The molecular formula is C10H18N2O. The van der Waals surface area contributed by atoms with E-state index in [0.29, 0.717) is 11.9 Å². The molecule has 0 spiro atoms. The summed E-state index contributed by atoms with van der Waals surface area (Å²) in [5.41, 5.74) is 0. The van der Waals surface area contributed by atoms with Crippen molar-refractivity contribution in [3.8, 4) is 0 Å². The van der Waals surface area contributed by atoms with Gasteiger partial charge in [-0.3, -0.25) is 4.79 Å². The molecule has 1 N–H and O–H groups in total. The number of nitrogens with one attached hydrogen (secondary N) is 1. The molecule has 1 heterocycles. The lowest BCUT2D eigenvalue weighted by Gasteiger charge is -2.20. The van der Waals surface area contributed by atoms with Crippen LogP contribution in [0.2, 0.25) is 0 Å². The Morgan fingerprint density at radius 1 is 1.38 bits per heavy atom. The molecule has 0 unspecified atom stereocenters. The number of rotatable bonds is 3. The Hall–Kier alpha value is -0.570. The van der Waals surface area contributed by atoms with E-state index in [1.54, 1.807) is 0 Å². The van der Waals surface area contributed by atoms with Gasteiger partial charge in [0.25, 0.3) is 0 Å². The Kier molecular flexibility index (Phi) is 2.54. The average Bonchev–Trinajstić information content (AvgIpc) is 2.78. The Morgan fingerprint density at radius 3 is 2.54 bits per heavy atom. The predicted molar refractivity (Wildman–Crippen MR) is 51.4 cm³/mol. The molecule has 0 aromatic heterocycles. The summed E-state index contributed by atoms with van der Waals surface area (Å²) in [6.07, 6.45) is 4.86. The number of nitrogens with zero attached hydrogens (tertiary/aromatic N) is 1. The van der Waals surface area contributed by atoms with Crippen molar-refractivity contribution in [3.63, 3.8) is 0 Å². The van der Waals surface area contributed by atoms with Crippen LogP contribution >= 0.6 is 0 Å². The third-order valence-electron chi connectivity index (χ3n) is 2.85. The summed E-state index contributed by atoms with van der Waals surface area (Å²) < 4.78 is 0. The molecule has 0 aromatic carbocycles. The Labute approximate surface area is 79.5 Å². The van der Waals surface area contributed by atoms with Gasteiger partial charge < -0.3 is 10.2 Å². The van der Waals surface area contributed by atoms with E-state index in [-0.39, 0.29) is 6.04 Å². The number of hydrogen-bond acceptors (Lipinski definition) is 2. The highest BCUT2D eigenvalue weighted by molar-refractivity contribution is 5.81. The lowest BCUT2D eigenvalue weighted by Crippen LogP contribution is -2.44. The van der Waals surface area contributed by atoms with Crippen molar-refractivity contribution in [2.24, 2.45) is 0 Å². The Morgan fingerprint density at radius 2 is 2.00 bits per heavy atom. The maximum atomic E-state index is 11.8. The number of carbonyl (C=O) groups is 1. The first-order valence-electron chi connectivity index (χ1n) is 5.32. The molecule has 1 amide bonds. The molecular weight excluding hydrogens is 164 g/mol. The molecule has 2 fully saturated rings. The Balaban J connectivity index is 1.79. The van der Waals surface area contributed by atoms with Gasteiger partial charge in [0.15, 0.2) is 0 Å². The van der Waals surface area contributed by atoms with E-state index in [1.807, 2.05) is 11.8 Å². The normalized spacial score (nSPS) is 24.8. The van der Waals surface area contributed by atoms with Crippen molar-refractivity contribution in [2.75, 3.05) is 13.1 Å². The average molecular weight is 182 g/mol. The monoisotopic (exact) mass is 182 g/mol. The third kappa shape index (κ3) is 2.21. The molecule has 0 aromatic rings. The summed E-state index contributed by atoms with van der Waals surface area (Å²) in [6, 6.07) is 0.659. The number of hydrogen-bond donors (Lipinski definition) is 1. The van der Waals surface area contributed by atoms with E-state index in [9.17, 15) is 4.79 Å². The molecule has 1 aliphatic carbocycles. The highest BCUT2D eigenvalue weighted by atomic mass is 16.2. The van der Waals surface area contributed by atoms with Gasteiger partial charge in [0.2, 0.25) is 5.91 Å². The highest BCUT2D eigenvalue weighted by Crippen LogP contribution is 2.20. The van der Waals surface area contributed by atoms with E-state index < -0.39 is 0 Å². The van der Waals surface area contributed by atoms with Crippen LogP contribution in [-0.4, -0.2) is 36.0 Å². The van der Waals surface area contributed by atoms with Crippen molar-refractivity contribution in [3.05, 3.63) is 0 Å². The van der Waals surface area contributed by atoms with Crippen LogP contribution in [0.4, 0.5) is 0 Å². The first-order valence-corrected chi connectivity index (χ1v) is 5.32. The second-order valence-corrected chi connectivity index (χ2v) is 4.20. The molecule has 1 saturated heterocycles. The van der Waals surface area contributed by atoms with Gasteiger partial charge in [-0.1, -0.05) is 0 Å². The molecule has 2 aliphatic rings. The fourth-order valence-corrected chi connectivity index (χ4v) is 1.89. The van der Waals surface area contributed by atoms with Crippen molar-refractivity contribution >= 4 is 5.91 Å². The van der Waals surface area contributed by atoms with Gasteiger partial charge in [-0.15, -0.1) is 0 Å². The van der Waals surface area contributed by atoms with E-state index in [1.165, 1.54) is 25.7 Å². The molecule has 1 aliphatic heterocycles. The van der Waals surface area contributed by atoms with Crippen LogP contribution in [-0.2, 0) is 4.79 Å². The fraction of sp³-hybridized carbons (Fsp3) is 0.900. The number of carbonyl (C=O) groups excluding carboxylic acids is 1. The van der Waals surface area contributed by atoms with Crippen molar-refractivity contribution in [1.82, 2.24) is 10.2 Å². The van der Waals surface area contributed by atoms with Crippen LogP contribution in [0.25, 0.3) is 0 Å². The quantitative estimate of drug-likeness (QED) is 0.698. The first-order chi connectivity index (χ1) is 6.27. The van der Waals surface area contributed by atoms with Crippen molar-refractivity contribution in [1.29, 1.82) is 0 Å². The molecule has 13 heavy (non-hydrogen) atoms. The lowest BCUT2D eigenvalue weighted by atomic mass is 10.3. The smallest absolute Gasteiger partial charge is 0.239 e. The van der Waals surface area contributed by atoms with Gasteiger partial charge >= 0.3 is 0 Å². The molecule has 0 bridgehead atoms. The first kappa shape index (κ1) is 9.00. The standard InChI is InChI=1S/C10H18N2O/c1-8(11-9-4-5-9)10(13)12-6-2-3-7-12/h8-9,11H,2-7H2,1H3/t8-/m0/s1. The van der Waals surface area contributed by atoms with Crippen LogP contribution in [0, 0.1) is 0 Å². The largest absolute Gasteiger partial charge is 0.341 e. The van der Waals surface area contributed by atoms with Gasteiger partial charge in [-0.2, -0.15) is 0 Å². The second-order valence-electron chi connectivity index (χ2n) is 4.20. The zero-order valence-electron chi connectivity index (χ0n) is 8.25. The summed E-state index contributed by atoms with van der Waals surface area (Å²) in [6.45, 7) is 3.92. The zero-order valence-corrected chi connectivity index (χ0v) is 8.25. The summed E-state index contributed by atoms with van der Waals surface area (Å²) in [5.74, 6) is 0.296.